The maximum absolute atomic E-state index is 10.8. The molecule has 0 unspecified atom stereocenters. The number of rotatable bonds is 4. The van der Waals surface area contributed by atoms with Gasteiger partial charge in [0, 0.05) is 39.8 Å². The summed E-state index contributed by atoms with van der Waals surface area (Å²) in [6.45, 7) is 0. The molecule has 0 atom stereocenters. The van der Waals surface area contributed by atoms with Gasteiger partial charge < -0.3 is 10.5 Å². The topological polar surface area (TPSA) is 70.4 Å². The molecule has 6 heteroatoms. The van der Waals surface area contributed by atoms with Crippen LogP contribution in [-0.4, -0.2) is 31.0 Å². The van der Waals surface area contributed by atoms with E-state index in [4.69, 9.17) is 5.73 Å². The van der Waals surface area contributed by atoms with Crippen LogP contribution < -0.4 is 0 Å². The maximum atomic E-state index is 10.8. The van der Waals surface area contributed by atoms with Crippen LogP contribution in [0, 0.1) is 0 Å². The molecule has 0 bridgehead atoms. The first kappa shape index (κ1) is 14.1. The molecule has 74 valence electrons. The normalized spacial score (nSPS) is 8.50. The summed E-state index contributed by atoms with van der Waals surface area (Å²) in [4.78, 5) is 25.5. The Balaban J connectivity index is 0. The van der Waals surface area contributed by atoms with Crippen LogP contribution >= 0.6 is 0 Å². The molecule has 12 heavy (non-hydrogen) atoms. The van der Waals surface area contributed by atoms with E-state index in [0.717, 1.165) is 5.06 Å². The van der Waals surface area contributed by atoms with Gasteiger partial charge in [0.15, 0.2) is 0 Å². The van der Waals surface area contributed by atoms with E-state index in [9.17, 15) is 9.59 Å². The van der Waals surface area contributed by atoms with Crippen molar-refractivity contribution in [1.29, 1.82) is 0 Å². The first-order valence-corrected chi connectivity index (χ1v) is 3.13. The van der Waals surface area contributed by atoms with Gasteiger partial charge in [-0.05, 0) is 6.42 Å². The Labute approximate surface area is 84.8 Å². The van der Waals surface area contributed by atoms with Crippen molar-refractivity contribution >= 4 is 11.8 Å². The number of carbonyl (C=O) groups is 2. The fourth-order valence-electron chi connectivity index (χ4n) is 0.480. The van der Waals surface area contributed by atoms with E-state index in [1.165, 1.54) is 14.2 Å². The molecule has 0 fully saturated rings. The van der Waals surface area contributed by atoms with E-state index in [1.54, 1.807) is 0 Å². The molecule has 0 aromatic heterocycles. The van der Waals surface area contributed by atoms with Crippen molar-refractivity contribution < 1.29 is 34.8 Å². The van der Waals surface area contributed by atoms with Gasteiger partial charge in [-0.2, -0.15) is 0 Å². The Morgan fingerprint density at radius 1 is 1.42 bits per heavy atom. The van der Waals surface area contributed by atoms with Crippen molar-refractivity contribution in [2.24, 2.45) is 0 Å². The first-order chi connectivity index (χ1) is 5.07. The molecule has 0 spiro atoms. The average Bonchev–Trinajstić information content (AvgIpc) is 1.98. The predicted molar refractivity (Wildman–Crippen MR) is 38.3 cm³/mol. The molecule has 0 saturated heterocycles. The number of nitrogens with one attached hydrogen (secondary N) is 1. The summed E-state index contributed by atoms with van der Waals surface area (Å²) in [5.74, 6) is -1.03. The number of amides is 2. The van der Waals surface area contributed by atoms with Gasteiger partial charge in [0.25, 0.3) is 0 Å². The maximum Gasteiger partial charge on any atom is 0.246 e. The van der Waals surface area contributed by atoms with Crippen molar-refractivity contribution in [3.8, 4) is 0 Å². The van der Waals surface area contributed by atoms with E-state index in [0.29, 0.717) is 0 Å². The van der Waals surface area contributed by atoms with Crippen LogP contribution in [0.1, 0.15) is 12.8 Å². The Morgan fingerprint density at radius 3 is 2.25 bits per heavy atom. The molecule has 0 aromatic rings. The zero-order valence-corrected chi connectivity index (χ0v) is 8.46. The van der Waals surface area contributed by atoms with E-state index in [2.05, 4.69) is 4.84 Å². The average molecular weight is 266 g/mol. The fraction of sp³-hybridized carbons (Fsp3) is 0.667. The summed E-state index contributed by atoms with van der Waals surface area (Å²) in [6, 6.07) is 0. The van der Waals surface area contributed by atoms with Gasteiger partial charge in [0.2, 0.25) is 5.91 Å². The number of hydroxylamine groups is 2. The molecule has 0 aliphatic heterocycles. The zero-order chi connectivity index (χ0) is 8.85. The third-order valence-electron chi connectivity index (χ3n) is 1.19. The van der Waals surface area contributed by atoms with Gasteiger partial charge in [-0.1, -0.05) is 0 Å². The second-order valence-electron chi connectivity index (χ2n) is 2.00. The van der Waals surface area contributed by atoms with Crippen LogP contribution in [0.5, 0.6) is 0 Å². The van der Waals surface area contributed by atoms with Crippen LogP contribution in [0.25, 0.3) is 5.73 Å². The fourth-order valence-corrected chi connectivity index (χ4v) is 0.480. The van der Waals surface area contributed by atoms with Crippen molar-refractivity contribution in [2.75, 3.05) is 14.2 Å². The molecule has 0 radical (unpaired) electrons. The summed E-state index contributed by atoms with van der Waals surface area (Å²) in [6.07, 6.45) is -0.0147. The van der Waals surface area contributed by atoms with Gasteiger partial charge in [0.1, 0.15) is 0 Å². The van der Waals surface area contributed by atoms with Crippen molar-refractivity contribution in [1.82, 2.24) is 5.06 Å². The van der Waals surface area contributed by atoms with E-state index >= 15 is 0 Å². The Bertz CT molecular complexity index is 163. The van der Waals surface area contributed by atoms with Crippen LogP contribution in [0.3, 0.4) is 0 Å². The second kappa shape index (κ2) is 7.22. The summed E-state index contributed by atoms with van der Waals surface area (Å²) in [7, 11) is 2.82. The molecule has 0 heterocycles. The minimum absolute atomic E-state index is 0. The SMILES string of the molecule is CON(C)C(=O)CCC([NH-])=O.[Pd]. The Hall–Kier alpha value is -0.438. The second-order valence-corrected chi connectivity index (χ2v) is 2.00. The minimum atomic E-state index is -0.733. The number of hydrogen-bond acceptors (Lipinski definition) is 3. The van der Waals surface area contributed by atoms with Crippen molar-refractivity contribution in [3.05, 3.63) is 5.73 Å². The molecule has 0 aliphatic rings. The number of nitrogens with zero attached hydrogens (tertiary/aromatic N) is 1. The molecule has 0 aromatic carbocycles. The Morgan fingerprint density at radius 2 is 1.92 bits per heavy atom. The Kier molecular flexibility index (Phi) is 8.49. The quantitative estimate of drug-likeness (QED) is 0.544. The summed E-state index contributed by atoms with van der Waals surface area (Å²) in [5, 5.41) is 1.03. The van der Waals surface area contributed by atoms with Gasteiger partial charge in [-0.3, -0.25) is 9.63 Å². The number of hydrogen-bond donors (Lipinski definition) is 0. The van der Waals surface area contributed by atoms with E-state index in [-0.39, 0.29) is 39.2 Å². The third-order valence-corrected chi connectivity index (χ3v) is 1.19. The van der Waals surface area contributed by atoms with Crippen molar-refractivity contribution in [3.63, 3.8) is 0 Å². The van der Waals surface area contributed by atoms with Gasteiger partial charge in [-0.15, -0.1) is 0 Å². The zero-order valence-electron chi connectivity index (χ0n) is 6.90. The summed E-state index contributed by atoms with van der Waals surface area (Å²) < 4.78 is 0. The molecular formula is C6H11N2O3Pd-. The van der Waals surface area contributed by atoms with Crippen LogP contribution in [0.15, 0.2) is 0 Å². The molecule has 0 aliphatic carbocycles. The van der Waals surface area contributed by atoms with Gasteiger partial charge >= 0.3 is 0 Å². The monoisotopic (exact) mass is 265 g/mol. The first-order valence-electron chi connectivity index (χ1n) is 3.13. The largest absolute Gasteiger partial charge is 0.668 e. The van der Waals surface area contributed by atoms with Crippen LogP contribution in [0.4, 0.5) is 0 Å². The summed E-state index contributed by atoms with van der Waals surface area (Å²) in [5.41, 5.74) is 6.52. The molecule has 1 N–H and O–H groups in total. The summed E-state index contributed by atoms with van der Waals surface area (Å²) >= 11 is 0. The number of carbonyl (C=O) groups excluding carboxylic acids is 2. The van der Waals surface area contributed by atoms with Crippen LogP contribution in [0.2, 0.25) is 0 Å². The molecule has 5 nitrogen and oxygen atoms in total. The standard InChI is InChI=1S/C6H12N2O3.Pd/c1-8(11-2)6(10)4-3-5(7)9;/h3-4H2,1-2H3,(H2,7,9);/p-1. The molecule has 0 saturated carbocycles. The van der Waals surface area contributed by atoms with E-state index in [1.807, 2.05) is 0 Å². The van der Waals surface area contributed by atoms with Gasteiger partial charge in [0.05, 0.1) is 7.11 Å². The molecule has 2 amide bonds. The third kappa shape index (κ3) is 6.28. The predicted octanol–water partition coefficient (Wildman–Crippen LogP) is 0.363. The van der Waals surface area contributed by atoms with Crippen LogP contribution in [-0.2, 0) is 34.8 Å². The van der Waals surface area contributed by atoms with Crippen molar-refractivity contribution in [2.45, 2.75) is 12.8 Å². The smallest absolute Gasteiger partial charge is 0.246 e. The molecular weight excluding hydrogens is 254 g/mol. The van der Waals surface area contributed by atoms with Gasteiger partial charge in [-0.25, -0.2) is 5.06 Å². The van der Waals surface area contributed by atoms with E-state index < -0.39 is 5.91 Å². The molecule has 0 rings (SSSR count). The minimum Gasteiger partial charge on any atom is -0.668 e.